The molecule has 0 bridgehead atoms. The molecule has 0 spiro atoms. The maximum Gasteiger partial charge on any atom is 0.321 e. The summed E-state index contributed by atoms with van der Waals surface area (Å²) in [5.41, 5.74) is 1.93. The Balaban J connectivity index is 1.71. The van der Waals surface area contributed by atoms with Gasteiger partial charge in [0, 0.05) is 41.3 Å². The zero-order chi connectivity index (χ0) is 15.5. The first kappa shape index (κ1) is 14.5. The van der Waals surface area contributed by atoms with Gasteiger partial charge in [0.15, 0.2) is 0 Å². The number of anilines is 2. The van der Waals surface area contributed by atoms with E-state index in [4.69, 9.17) is 0 Å². The summed E-state index contributed by atoms with van der Waals surface area (Å²) in [5, 5.41) is 5.54. The molecule has 6 nitrogen and oxygen atoms in total. The van der Waals surface area contributed by atoms with Gasteiger partial charge in [-0.1, -0.05) is 0 Å². The molecule has 3 amide bonds. The van der Waals surface area contributed by atoms with Gasteiger partial charge in [-0.3, -0.25) is 14.7 Å². The van der Waals surface area contributed by atoms with Gasteiger partial charge in [-0.15, -0.1) is 0 Å². The second-order valence-corrected chi connectivity index (χ2v) is 5.69. The van der Waals surface area contributed by atoms with Crippen LogP contribution in [0.25, 0.3) is 0 Å². The predicted molar refractivity (Wildman–Crippen MR) is 87.1 cm³/mol. The van der Waals surface area contributed by atoms with Crippen LogP contribution < -0.4 is 15.5 Å². The van der Waals surface area contributed by atoms with Crippen molar-refractivity contribution in [2.75, 3.05) is 23.3 Å². The summed E-state index contributed by atoms with van der Waals surface area (Å²) >= 11 is 3.28. The van der Waals surface area contributed by atoms with E-state index in [1.54, 1.807) is 41.4 Å². The molecule has 0 unspecified atom stereocenters. The van der Waals surface area contributed by atoms with Gasteiger partial charge in [0.1, 0.15) is 0 Å². The number of halogens is 1. The molecule has 0 aliphatic carbocycles. The average molecular weight is 361 g/mol. The van der Waals surface area contributed by atoms with Gasteiger partial charge >= 0.3 is 6.03 Å². The number of urea groups is 1. The van der Waals surface area contributed by atoms with Crippen molar-refractivity contribution in [3.63, 3.8) is 0 Å². The topological polar surface area (TPSA) is 74.3 Å². The SMILES string of the molecule is O=C(Nc1ccc(N2CCNC2=O)cc1)c1cncc(Br)c1. The Labute approximate surface area is 135 Å². The van der Waals surface area contributed by atoms with Crippen molar-refractivity contribution in [2.45, 2.75) is 0 Å². The van der Waals surface area contributed by atoms with Crippen LogP contribution >= 0.6 is 15.9 Å². The third-order valence-corrected chi connectivity index (χ3v) is 3.69. The van der Waals surface area contributed by atoms with Gasteiger partial charge in [-0.2, -0.15) is 0 Å². The normalized spacial score (nSPS) is 13.9. The first-order valence-electron chi connectivity index (χ1n) is 6.71. The highest BCUT2D eigenvalue weighted by atomic mass is 79.9. The van der Waals surface area contributed by atoms with Gasteiger partial charge in [0.05, 0.1) is 5.56 Å². The highest BCUT2D eigenvalue weighted by Gasteiger charge is 2.20. The molecule has 0 atom stereocenters. The zero-order valence-corrected chi connectivity index (χ0v) is 13.1. The molecule has 1 aromatic heterocycles. The van der Waals surface area contributed by atoms with E-state index in [0.717, 1.165) is 10.2 Å². The fraction of sp³-hybridized carbons (Fsp3) is 0.133. The van der Waals surface area contributed by atoms with E-state index in [1.807, 2.05) is 0 Å². The van der Waals surface area contributed by atoms with Gasteiger partial charge < -0.3 is 10.6 Å². The number of rotatable bonds is 3. The molecule has 1 saturated heterocycles. The minimum Gasteiger partial charge on any atom is -0.336 e. The van der Waals surface area contributed by atoms with Crippen molar-refractivity contribution in [1.82, 2.24) is 10.3 Å². The molecule has 7 heteroatoms. The Bertz CT molecular complexity index is 718. The molecule has 3 rings (SSSR count). The summed E-state index contributed by atoms with van der Waals surface area (Å²) in [6.45, 7) is 1.29. The van der Waals surface area contributed by atoms with Crippen LogP contribution in [0.3, 0.4) is 0 Å². The summed E-state index contributed by atoms with van der Waals surface area (Å²) in [7, 11) is 0. The van der Waals surface area contributed by atoms with E-state index in [1.165, 1.54) is 6.20 Å². The second kappa shape index (κ2) is 6.15. The molecule has 1 aromatic carbocycles. The molecule has 0 saturated carbocycles. The third kappa shape index (κ3) is 3.09. The summed E-state index contributed by atoms with van der Waals surface area (Å²) in [5.74, 6) is -0.236. The van der Waals surface area contributed by atoms with E-state index in [2.05, 4.69) is 31.5 Å². The highest BCUT2D eigenvalue weighted by molar-refractivity contribution is 9.10. The molecule has 112 valence electrons. The number of nitrogens with zero attached hydrogens (tertiary/aromatic N) is 2. The molecule has 2 aromatic rings. The van der Waals surface area contributed by atoms with Crippen molar-refractivity contribution in [1.29, 1.82) is 0 Å². The largest absolute Gasteiger partial charge is 0.336 e. The number of carbonyl (C=O) groups is 2. The van der Waals surface area contributed by atoms with Crippen molar-refractivity contribution >= 4 is 39.2 Å². The Morgan fingerprint density at radius 3 is 2.68 bits per heavy atom. The number of hydrogen-bond donors (Lipinski definition) is 2. The van der Waals surface area contributed by atoms with Crippen LogP contribution in [0.4, 0.5) is 16.2 Å². The van der Waals surface area contributed by atoms with E-state index in [0.29, 0.717) is 24.3 Å². The van der Waals surface area contributed by atoms with E-state index < -0.39 is 0 Å². The molecular weight excluding hydrogens is 348 g/mol. The quantitative estimate of drug-likeness (QED) is 0.883. The van der Waals surface area contributed by atoms with Crippen LogP contribution in [0.1, 0.15) is 10.4 Å². The van der Waals surface area contributed by atoms with Crippen LogP contribution in [0.2, 0.25) is 0 Å². The monoisotopic (exact) mass is 360 g/mol. The smallest absolute Gasteiger partial charge is 0.321 e. The summed E-state index contributed by atoms with van der Waals surface area (Å²) in [6, 6.07) is 8.75. The van der Waals surface area contributed by atoms with Gasteiger partial charge in [-0.05, 0) is 46.3 Å². The number of benzene rings is 1. The van der Waals surface area contributed by atoms with Crippen LogP contribution in [-0.4, -0.2) is 30.0 Å². The lowest BCUT2D eigenvalue weighted by atomic mass is 10.2. The maximum atomic E-state index is 12.1. The minimum absolute atomic E-state index is 0.100. The van der Waals surface area contributed by atoms with Crippen LogP contribution in [0.15, 0.2) is 47.2 Å². The van der Waals surface area contributed by atoms with E-state index in [-0.39, 0.29) is 11.9 Å². The Morgan fingerprint density at radius 1 is 1.27 bits per heavy atom. The molecule has 1 fully saturated rings. The first-order valence-corrected chi connectivity index (χ1v) is 7.50. The fourth-order valence-electron chi connectivity index (χ4n) is 2.18. The zero-order valence-electron chi connectivity index (χ0n) is 11.5. The molecule has 2 heterocycles. The molecule has 1 aliphatic rings. The van der Waals surface area contributed by atoms with Crippen LogP contribution in [0, 0.1) is 0 Å². The van der Waals surface area contributed by atoms with Crippen molar-refractivity contribution < 1.29 is 9.59 Å². The van der Waals surface area contributed by atoms with Crippen LogP contribution in [0.5, 0.6) is 0 Å². The number of hydrogen-bond acceptors (Lipinski definition) is 3. The number of aromatic nitrogens is 1. The second-order valence-electron chi connectivity index (χ2n) is 4.78. The molecular formula is C15H13BrN4O2. The summed E-state index contributed by atoms with van der Waals surface area (Å²) < 4.78 is 0.746. The molecule has 2 N–H and O–H groups in total. The highest BCUT2D eigenvalue weighted by Crippen LogP contribution is 2.20. The fourth-order valence-corrected chi connectivity index (χ4v) is 2.55. The Hall–Kier alpha value is -2.41. The standard InChI is InChI=1S/C15H13BrN4O2/c16-11-7-10(8-17-9-11)14(21)19-12-1-3-13(4-2-12)20-6-5-18-15(20)22/h1-4,7-9H,5-6H2,(H,18,22)(H,19,21). The van der Waals surface area contributed by atoms with Crippen molar-refractivity contribution in [3.05, 3.63) is 52.8 Å². The predicted octanol–water partition coefficient (Wildman–Crippen LogP) is 2.63. The number of nitrogens with one attached hydrogen (secondary N) is 2. The number of amides is 3. The Morgan fingerprint density at radius 2 is 2.05 bits per heavy atom. The molecule has 1 aliphatic heterocycles. The lowest BCUT2D eigenvalue weighted by Crippen LogP contribution is -2.27. The molecule has 22 heavy (non-hydrogen) atoms. The minimum atomic E-state index is -0.236. The molecule has 0 radical (unpaired) electrons. The van der Waals surface area contributed by atoms with E-state index >= 15 is 0 Å². The third-order valence-electron chi connectivity index (χ3n) is 3.26. The van der Waals surface area contributed by atoms with Crippen LogP contribution in [-0.2, 0) is 0 Å². The van der Waals surface area contributed by atoms with Crippen molar-refractivity contribution in [3.8, 4) is 0 Å². The Kier molecular flexibility index (Phi) is 4.06. The van der Waals surface area contributed by atoms with Gasteiger partial charge in [0.2, 0.25) is 0 Å². The van der Waals surface area contributed by atoms with Gasteiger partial charge in [-0.25, -0.2) is 4.79 Å². The lowest BCUT2D eigenvalue weighted by Gasteiger charge is -2.14. The average Bonchev–Trinajstić information content (AvgIpc) is 2.94. The lowest BCUT2D eigenvalue weighted by molar-refractivity contribution is 0.102. The summed E-state index contributed by atoms with van der Waals surface area (Å²) in [4.78, 5) is 29.3. The van der Waals surface area contributed by atoms with E-state index in [9.17, 15) is 9.59 Å². The number of carbonyl (C=O) groups excluding carboxylic acids is 2. The maximum absolute atomic E-state index is 12.1. The van der Waals surface area contributed by atoms with Gasteiger partial charge in [0.25, 0.3) is 5.91 Å². The first-order chi connectivity index (χ1) is 10.6. The number of pyridine rings is 1. The van der Waals surface area contributed by atoms with Crippen molar-refractivity contribution in [2.24, 2.45) is 0 Å². The summed E-state index contributed by atoms with van der Waals surface area (Å²) in [6.07, 6.45) is 3.12.